The summed E-state index contributed by atoms with van der Waals surface area (Å²) in [7, 11) is 0. The molecule has 1 rings (SSSR count). The van der Waals surface area contributed by atoms with Gasteiger partial charge in [-0.25, -0.2) is 4.79 Å². The summed E-state index contributed by atoms with van der Waals surface area (Å²) in [5, 5.41) is 11.9. The minimum Gasteiger partial charge on any atom is -0.481 e. The van der Waals surface area contributed by atoms with Crippen LogP contribution in [0.5, 0.6) is 0 Å². The minimum absolute atomic E-state index is 0.0133. The number of piperidine rings is 1. The molecule has 5 heteroatoms. The van der Waals surface area contributed by atoms with E-state index < -0.39 is 5.97 Å². The molecule has 1 heterocycles. The highest BCUT2D eigenvalue weighted by atomic mass is 16.4. The topological polar surface area (TPSA) is 69.6 Å². The molecule has 0 saturated carbocycles. The molecular weight excluding hydrogens is 268 g/mol. The molecule has 0 bridgehead atoms. The van der Waals surface area contributed by atoms with Crippen LogP contribution in [0.3, 0.4) is 0 Å². The Kier molecular flexibility index (Phi) is 7.07. The number of likely N-dealkylation sites (tertiary alicyclic amines) is 1. The molecule has 21 heavy (non-hydrogen) atoms. The van der Waals surface area contributed by atoms with E-state index in [4.69, 9.17) is 11.5 Å². The Labute approximate surface area is 127 Å². The van der Waals surface area contributed by atoms with Gasteiger partial charge in [0, 0.05) is 32.0 Å². The first-order valence-electron chi connectivity index (χ1n) is 7.68. The third-order valence-corrected chi connectivity index (χ3v) is 4.23. The summed E-state index contributed by atoms with van der Waals surface area (Å²) in [4.78, 5) is 24.9. The van der Waals surface area contributed by atoms with Gasteiger partial charge in [-0.15, -0.1) is 12.3 Å². The number of terminal acetylenes is 1. The molecule has 2 amide bonds. The highest BCUT2D eigenvalue weighted by Gasteiger charge is 2.28. The lowest BCUT2D eigenvalue weighted by atomic mass is 9.85. The normalized spacial score (nSPS) is 21.2. The Bertz CT molecular complexity index is 403. The van der Waals surface area contributed by atoms with Gasteiger partial charge in [0.25, 0.3) is 0 Å². The fourth-order valence-electron chi connectivity index (χ4n) is 2.81. The van der Waals surface area contributed by atoms with Crippen molar-refractivity contribution in [2.45, 2.75) is 52.0 Å². The van der Waals surface area contributed by atoms with E-state index in [0.29, 0.717) is 13.0 Å². The lowest BCUT2D eigenvalue weighted by Gasteiger charge is -2.36. The van der Waals surface area contributed by atoms with Crippen molar-refractivity contribution in [3.63, 3.8) is 0 Å². The summed E-state index contributed by atoms with van der Waals surface area (Å²) in [5.74, 6) is 2.15. The van der Waals surface area contributed by atoms with Crippen molar-refractivity contribution in [3.05, 3.63) is 0 Å². The summed E-state index contributed by atoms with van der Waals surface area (Å²) in [6.07, 6.45) is 8.71. The first-order chi connectivity index (χ1) is 9.97. The smallest absolute Gasteiger partial charge is 0.317 e. The van der Waals surface area contributed by atoms with Crippen molar-refractivity contribution < 1.29 is 14.7 Å². The third-order valence-electron chi connectivity index (χ3n) is 4.23. The molecule has 3 atom stereocenters. The van der Waals surface area contributed by atoms with Crippen molar-refractivity contribution >= 4 is 12.0 Å². The van der Waals surface area contributed by atoms with Gasteiger partial charge in [-0.1, -0.05) is 13.8 Å². The highest BCUT2D eigenvalue weighted by molar-refractivity contribution is 5.74. The van der Waals surface area contributed by atoms with Crippen LogP contribution >= 0.6 is 0 Å². The van der Waals surface area contributed by atoms with Crippen molar-refractivity contribution in [1.29, 1.82) is 0 Å². The van der Waals surface area contributed by atoms with Gasteiger partial charge >= 0.3 is 12.0 Å². The van der Waals surface area contributed by atoms with Crippen LogP contribution in [0, 0.1) is 24.2 Å². The van der Waals surface area contributed by atoms with Gasteiger partial charge < -0.3 is 15.3 Å². The Morgan fingerprint density at radius 3 is 2.81 bits per heavy atom. The number of hydrogen-bond donors (Lipinski definition) is 2. The largest absolute Gasteiger partial charge is 0.481 e. The summed E-state index contributed by atoms with van der Waals surface area (Å²) in [5.41, 5.74) is 0. The van der Waals surface area contributed by atoms with Crippen LogP contribution in [0.2, 0.25) is 0 Å². The number of carboxylic acids is 1. The average Bonchev–Trinajstić information content (AvgIpc) is 2.46. The maximum atomic E-state index is 12.3. The van der Waals surface area contributed by atoms with Gasteiger partial charge in [0.1, 0.15) is 0 Å². The molecule has 2 N–H and O–H groups in total. The van der Waals surface area contributed by atoms with Gasteiger partial charge in [-0.3, -0.25) is 4.79 Å². The number of nitrogens with zero attached hydrogens (tertiary/aromatic N) is 1. The van der Waals surface area contributed by atoms with E-state index >= 15 is 0 Å². The monoisotopic (exact) mass is 294 g/mol. The fraction of sp³-hybridized carbons (Fsp3) is 0.750. The van der Waals surface area contributed by atoms with E-state index in [0.717, 1.165) is 25.8 Å². The van der Waals surface area contributed by atoms with E-state index in [9.17, 15) is 9.59 Å². The molecule has 5 nitrogen and oxygen atoms in total. The second kappa shape index (κ2) is 8.56. The van der Waals surface area contributed by atoms with Gasteiger partial charge in [0.2, 0.25) is 0 Å². The van der Waals surface area contributed by atoms with Crippen LogP contribution in [-0.2, 0) is 4.79 Å². The predicted octanol–water partition coefficient (Wildman–Crippen LogP) is 2.32. The first-order valence-corrected chi connectivity index (χ1v) is 7.68. The highest BCUT2D eigenvalue weighted by Crippen LogP contribution is 2.26. The van der Waals surface area contributed by atoms with Gasteiger partial charge in [0.05, 0.1) is 0 Å². The number of carboxylic acid groups (broad SMARTS) is 1. The number of amides is 2. The van der Waals surface area contributed by atoms with E-state index in [1.54, 1.807) is 4.90 Å². The van der Waals surface area contributed by atoms with E-state index in [1.807, 2.05) is 13.8 Å². The summed E-state index contributed by atoms with van der Waals surface area (Å²) < 4.78 is 0. The van der Waals surface area contributed by atoms with Crippen molar-refractivity contribution in [1.82, 2.24) is 10.2 Å². The molecular formula is C16H26N2O3. The Hall–Kier alpha value is -1.70. The third kappa shape index (κ3) is 5.66. The number of aliphatic carboxylic acids is 1. The van der Waals surface area contributed by atoms with Crippen molar-refractivity contribution in [2.75, 3.05) is 13.1 Å². The summed E-state index contributed by atoms with van der Waals surface area (Å²) in [6.45, 7) is 5.31. The Morgan fingerprint density at radius 2 is 2.24 bits per heavy atom. The van der Waals surface area contributed by atoms with E-state index in [-0.39, 0.29) is 30.3 Å². The molecule has 0 aromatic rings. The average molecular weight is 294 g/mol. The second-order valence-electron chi connectivity index (χ2n) is 5.89. The van der Waals surface area contributed by atoms with Crippen LogP contribution in [0.4, 0.5) is 4.79 Å². The van der Waals surface area contributed by atoms with Crippen LogP contribution < -0.4 is 5.32 Å². The fourth-order valence-corrected chi connectivity index (χ4v) is 2.81. The minimum atomic E-state index is -0.774. The molecule has 0 spiro atoms. The lowest BCUT2D eigenvalue weighted by Crippen LogP contribution is -2.49. The SMILES string of the molecule is C#CCC(CC)NC(=O)N1CCCC(C(C)CC(=O)O)C1. The van der Waals surface area contributed by atoms with Crippen LogP contribution in [0.1, 0.15) is 46.0 Å². The molecule has 0 aliphatic carbocycles. The lowest BCUT2D eigenvalue weighted by molar-refractivity contribution is -0.138. The predicted molar refractivity (Wildman–Crippen MR) is 81.8 cm³/mol. The first kappa shape index (κ1) is 17.4. The molecule has 0 aromatic carbocycles. The number of rotatable bonds is 6. The number of hydrogen-bond acceptors (Lipinski definition) is 2. The second-order valence-corrected chi connectivity index (χ2v) is 5.89. The van der Waals surface area contributed by atoms with E-state index in [2.05, 4.69) is 11.2 Å². The maximum Gasteiger partial charge on any atom is 0.317 e. The van der Waals surface area contributed by atoms with Gasteiger partial charge in [-0.05, 0) is 31.1 Å². The van der Waals surface area contributed by atoms with Crippen LogP contribution in [0.25, 0.3) is 0 Å². The van der Waals surface area contributed by atoms with E-state index in [1.165, 1.54) is 0 Å². The zero-order chi connectivity index (χ0) is 15.8. The molecule has 0 radical (unpaired) electrons. The Balaban J connectivity index is 2.53. The number of carbonyl (C=O) groups is 2. The number of urea groups is 1. The maximum absolute atomic E-state index is 12.3. The molecule has 3 unspecified atom stereocenters. The molecule has 1 aliphatic rings. The van der Waals surface area contributed by atoms with Crippen molar-refractivity contribution in [2.24, 2.45) is 11.8 Å². The molecule has 0 aromatic heterocycles. The number of nitrogens with one attached hydrogen (secondary N) is 1. The molecule has 1 saturated heterocycles. The Morgan fingerprint density at radius 1 is 1.52 bits per heavy atom. The van der Waals surface area contributed by atoms with Gasteiger partial charge in [0.15, 0.2) is 0 Å². The van der Waals surface area contributed by atoms with Gasteiger partial charge in [-0.2, -0.15) is 0 Å². The van der Waals surface area contributed by atoms with Crippen molar-refractivity contribution in [3.8, 4) is 12.3 Å². The summed E-state index contributed by atoms with van der Waals surface area (Å²) >= 11 is 0. The molecule has 118 valence electrons. The zero-order valence-electron chi connectivity index (χ0n) is 13.0. The summed E-state index contributed by atoms with van der Waals surface area (Å²) in [6, 6.07) is -0.0661. The van der Waals surface area contributed by atoms with Crippen LogP contribution in [0.15, 0.2) is 0 Å². The van der Waals surface area contributed by atoms with Crippen LogP contribution in [-0.4, -0.2) is 41.1 Å². The quantitative estimate of drug-likeness (QED) is 0.739. The standard InChI is InChI=1S/C16H26N2O3/c1-4-7-14(5-2)17-16(21)18-9-6-8-13(11-18)12(3)10-15(19)20/h1,12-14H,5-11H2,2-3H3,(H,17,21)(H,19,20). The number of carbonyl (C=O) groups excluding carboxylic acids is 1. The molecule has 1 fully saturated rings. The zero-order valence-corrected chi connectivity index (χ0v) is 13.0. The molecule has 1 aliphatic heterocycles.